The second-order valence-electron chi connectivity index (χ2n) is 10.2. The van der Waals surface area contributed by atoms with Crippen molar-refractivity contribution in [1.29, 1.82) is 0 Å². The lowest BCUT2D eigenvalue weighted by atomic mass is 9.43. The molecule has 1 heterocycles. The van der Waals surface area contributed by atoms with Crippen molar-refractivity contribution in [3.05, 3.63) is 71.8 Å². The highest BCUT2D eigenvalue weighted by Gasteiger charge is 2.61. The van der Waals surface area contributed by atoms with Crippen LogP contribution < -0.4 is 0 Å². The molecule has 4 fully saturated rings. The molecule has 1 nitrogen and oxygen atoms in total. The Bertz CT molecular complexity index is 1290. The zero-order valence-corrected chi connectivity index (χ0v) is 16.5. The summed E-state index contributed by atoms with van der Waals surface area (Å²) in [5.74, 6) is 3.58. The average molecular weight is 376 g/mol. The molecular weight excluding hydrogens is 352 g/mol. The minimum atomic E-state index is 0.229. The van der Waals surface area contributed by atoms with E-state index in [1.54, 1.807) is 11.1 Å². The van der Waals surface area contributed by atoms with E-state index in [2.05, 4.69) is 60.7 Å². The molecular formula is C28H24O. The molecule has 0 atom stereocenters. The highest BCUT2D eigenvalue weighted by molar-refractivity contribution is 6.07. The summed E-state index contributed by atoms with van der Waals surface area (Å²) < 4.78 is 6.36. The Morgan fingerprint density at radius 1 is 0.621 bits per heavy atom. The number of fused-ring (bicyclic) bond motifs is 6. The van der Waals surface area contributed by atoms with E-state index in [-0.39, 0.29) is 5.41 Å². The molecule has 0 N–H and O–H groups in total. The molecule has 4 bridgehead atoms. The summed E-state index contributed by atoms with van der Waals surface area (Å²) in [5, 5.41) is 2.52. The molecule has 4 saturated carbocycles. The third-order valence-corrected chi connectivity index (χ3v) is 9.05. The number of para-hydroxylation sites is 1. The van der Waals surface area contributed by atoms with Crippen LogP contribution >= 0.6 is 0 Å². The second kappa shape index (κ2) is 4.95. The molecule has 5 aliphatic carbocycles. The summed E-state index contributed by atoms with van der Waals surface area (Å²) in [5.41, 5.74) is 8.49. The standard InChI is InChI=1S/C28H24O/c1-3-7-24-20(5-1)22-14-23-21-6-2-4-8-26(21)29-27(23)15-25(22)28(24)18-10-16-9-17(12-18)13-19(28)11-16/h1-8,14-19H,9-13H2. The zero-order valence-electron chi connectivity index (χ0n) is 16.5. The van der Waals surface area contributed by atoms with E-state index in [4.69, 9.17) is 4.42 Å². The predicted octanol–water partition coefficient (Wildman–Crippen LogP) is 7.31. The first-order valence-corrected chi connectivity index (χ1v) is 11.4. The lowest BCUT2D eigenvalue weighted by Crippen LogP contribution is -2.55. The quantitative estimate of drug-likeness (QED) is 0.314. The molecule has 0 amide bonds. The molecule has 5 aliphatic rings. The molecule has 1 heteroatoms. The van der Waals surface area contributed by atoms with Crippen LogP contribution in [0.1, 0.15) is 43.2 Å². The fourth-order valence-electron chi connectivity index (χ4n) is 8.37. The molecule has 1 spiro atoms. The largest absolute Gasteiger partial charge is 0.456 e. The van der Waals surface area contributed by atoms with Gasteiger partial charge in [0, 0.05) is 16.2 Å². The summed E-state index contributed by atoms with van der Waals surface area (Å²) in [6.45, 7) is 0. The molecule has 3 aromatic carbocycles. The fraction of sp³-hybridized carbons (Fsp3) is 0.357. The van der Waals surface area contributed by atoms with E-state index in [0.29, 0.717) is 0 Å². The van der Waals surface area contributed by atoms with Gasteiger partial charge in [-0.25, -0.2) is 0 Å². The number of furan rings is 1. The first-order chi connectivity index (χ1) is 14.3. The van der Waals surface area contributed by atoms with E-state index in [1.165, 1.54) is 54.0 Å². The van der Waals surface area contributed by atoms with Crippen LogP contribution in [0.4, 0.5) is 0 Å². The van der Waals surface area contributed by atoms with Crippen molar-refractivity contribution < 1.29 is 4.42 Å². The lowest BCUT2D eigenvalue weighted by molar-refractivity contribution is -0.0399. The third kappa shape index (κ3) is 1.68. The topological polar surface area (TPSA) is 13.1 Å². The van der Waals surface area contributed by atoms with Gasteiger partial charge in [-0.1, -0.05) is 42.5 Å². The number of rotatable bonds is 0. The Hall–Kier alpha value is -2.54. The van der Waals surface area contributed by atoms with E-state index in [0.717, 1.165) is 34.8 Å². The minimum absolute atomic E-state index is 0.229. The van der Waals surface area contributed by atoms with E-state index >= 15 is 0 Å². The zero-order chi connectivity index (χ0) is 18.7. The molecule has 0 radical (unpaired) electrons. The van der Waals surface area contributed by atoms with Crippen molar-refractivity contribution in [2.75, 3.05) is 0 Å². The second-order valence-corrected chi connectivity index (χ2v) is 10.2. The van der Waals surface area contributed by atoms with Gasteiger partial charge in [0.05, 0.1) is 0 Å². The van der Waals surface area contributed by atoms with Gasteiger partial charge < -0.3 is 4.42 Å². The SMILES string of the molecule is c1ccc2c(c1)-c1cc3c(cc1C21C2CC4CC(C2)CC1C4)oc1ccccc13. The van der Waals surface area contributed by atoms with Crippen molar-refractivity contribution in [3.63, 3.8) is 0 Å². The van der Waals surface area contributed by atoms with Crippen molar-refractivity contribution >= 4 is 21.9 Å². The van der Waals surface area contributed by atoms with Gasteiger partial charge in [-0.15, -0.1) is 0 Å². The smallest absolute Gasteiger partial charge is 0.135 e. The normalized spacial score (nSPS) is 33.7. The monoisotopic (exact) mass is 376 g/mol. The average Bonchev–Trinajstić information content (AvgIpc) is 3.24. The van der Waals surface area contributed by atoms with Crippen LogP contribution in [0.25, 0.3) is 33.1 Å². The summed E-state index contributed by atoms with van der Waals surface area (Å²) in [4.78, 5) is 0. The van der Waals surface area contributed by atoms with Gasteiger partial charge >= 0.3 is 0 Å². The number of hydrogen-bond acceptors (Lipinski definition) is 1. The molecule has 0 unspecified atom stereocenters. The number of benzene rings is 3. The Morgan fingerprint density at radius 2 is 1.34 bits per heavy atom. The van der Waals surface area contributed by atoms with E-state index < -0.39 is 0 Å². The van der Waals surface area contributed by atoms with Crippen molar-refractivity contribution in [3.8, 4) is 11.1 Å². The first-order valence-electron chi connectivity index (χ1n) is 11.4. The van der Waals surface area contributed by atoms with E-state index in [9.17, 15) is 0 Å². The van der Waals surface area contributed by atoms with Crippen LogP contribution in [-0.4, -0.2) is 0 Å². The van der Waals surface area contributed by atoms with Crippen molar-refractivity contribution in [1.82, 2.24) is 0 Å². The maximum atomic E-state index is 6.36. The highest BCUT2D eigenvalue weighted by Crippen LogP contribution is 2.69. The molecule has 29 heavy (non-hydrogen) atoms. The Morgan fingerprint density at radius 3 is 2.17 bits per heavy atom. The summed E-state index contributed by atoms with van der Waals surface area (Å²) in [6, 6.07) is 22.7. The van der Waals surface area contributed by atoms with Crippen LogP contribution in [-0.2, 0) is 5.41 Å². The van der Waals surface area contributed by atoms with Gasteiger partial charge in [-0.3, -0.25) is 0 Å². The van der Waals surface area contributed by atoms with Crippen LogP contribution in [0.3, 0.4) is 0 Å². The maximum Gasteiger partial charge on any atom is 0.135 e. The molecule has 142 valence electrons. The minimum Gasteiger partial charge on any atom is -0.456 e. The van der Waals surface area contributed by atoms with Crippen LogP contribution in [0.2, 0.25) is 0 Å². The van der Waals surface area contributed by atoms with Crippen LogP contribution in [0, 0.1) is 23.7 Å². The lowest BCUT2D eigenvalue weighted by Gasteiger charge is -2.61. The molecule has 0 saturated heterocycles. The molecule has 0 aliphatic heterocycles. The third-order valence-electron chi connectivity index (χ3n) is 9.05. The van der Waals surface area contributed by atoms with Gasteiger partial charge in [-0.2, -0.15) is 0 Å². The predicted molar refractivity (Wildman–Crippen MR) is 117 cm³/mol. The van der Waals surface area contributed by atoms with Crippen LogP contribution in [0.15, 0.2) is 65.1 Å². The van der Waals surface area contributed by atoms with Crippen molar-refractivity contribution in [2.24, 2.45) is 23.7 Å². The molecule has 1 aromatic heterocycles. The number of hydrogen-bond donors (Lipinski definition) is 0. The van der Waals surface area contributed by atoms with E-state index in [1.807, 2.05) is 0 Å². The summed E-state index contributed by atoms with van der Waals surface area (Å²) >= 11 is 0. The van der Waals surface area contributed by atoms with Crippen LogP contribution in [0.5, 0.6) is 0 Å². The molecule has 4 aromatic rings. The van der Waals surface area contributed by atoms with Gasteiger partial charge in [-0.05, 0) is 96.2 Å². The summed E-state index contributed by atoms with van der Waals surface area (Å²) in [6.07, 6.45) is 7.22. The Kier molecular flexibility index (Phi) is 2.62. The van der Waals surface area contributed by atoms with Gasteiger partial charge in [0.15, 0.2) is 0 Å². The maximum absolute atomic E-state index is 6.36. The first kappa shape index (κ1) is 15.3. The van der Waals surface area contributed by atoms with Gasteiger partial charge in [0.2, 0.25) is 0 Å². The Balaban J connectivity index is 1.49. The van der Waals surface area contributed by atoms with Crippen molar-refractivity contribution in [2.45, 2.75) is 37.5 Å². The highest BCUT2D eigenvalue weighted by atomic mass is 16.3. The Labute approximate surface area is 170 Å². The fourth-order valence-corrected chi connectivity index (χ4v) is 8.37. The van der Waals surface area contributed by atoms with Gasteiger partial charge in [0.1, 0.15) is 11.2 Å². The molecule has 9 rings (SSSR count). The van der Waals surface area contributed by atoms with Gasteiger partial charge in [0.25, 0.3) is 0 Å². The summed E-state index contributed by atoms with van der Waals surface area (Å²) in [7, 11) is 0.